The quantitative estimate of drug-likeness (QED) is 0.474. The van der Waals surface area contributed by atoms with E-state index in [0.717, 1.165) is 54.2 Å². The fourth-order valence-corrected chi connectivity index (χ4v) is 4.59. The molecule has 1 amide bonds. The fraction of sp³-hybridized carbons (Fsp3) is 0.321. The van der Waals surface area contributed by atoms with Gasteiger partial charge in [-0.2, -0.15) is 0 Å². The molecular weight excluding hydrogens is 410 g/mol. The van der Waals surface area contributed by atoms with Crippen molar-refractivity contribution < 1.29 is 9.53 Å². The largest absolute Gasteiger partial charge is 0.496 e. The van der Waals surface area contributed by atoms with E-state index in [1.54, 1.807) is 7.11 Å². The number of hydrogen-bond donors (Lipinski definition) is 2. The number of hydrogen-bond acceptors (Lipinski definition) is 4. The molecule has 1 heterocycles. The van der Waals surface area contributed by atoms with Gasteiger partial charge in [-0.1, -0.05) is 24.3 Å². The molecule has 0 unspecified atom stereocenters. The Labute approximate surface area is 196 Å². The summed E-state index contributed by atoms with van der Waals surface area (Å²) in [7, 11) is 1.71. The molecule has 3 N–H and O–H groups in total. The minimum Gasteiger partial charge on any atom is -0.496 e. The molecule has 0 aliphatic carbocycles. The lowest BCUT2D eigenvalue weighted by atomic mass is 9.88. The van der Waals surface area contributed by atoms with Gasteiger partial charge in [-0.05, 0) is 105 Å². The van der Waals surface area contributed by atoms with Crippen molar-refractivity contribution in [2.45, 2.75) is 38.6 Å². The molecule has 4 rings (SSSR count). The van der Waals surface area contributed by atoms with Crippen LogP contribution >= 0.6 is 0 Å². The average Bonchev–Trinajstić information content (AvgIpc) is 2.84. The molecule has 172 valence electrons. The van der Waals surface area contributed by atoms with Crippen LogP contribution in [0.2, 0.25) is 0 Å². The van der Waals surface area contributed by atoms with Gasteiger partial charge in [0, 0.05) is 23.0 Å². The van der Waals surface area contributed by atoms with Crippen LogP contribution < -0.4 is 15.8 Å². The lowest BCUT2D eigenvalue weighted by Crippen LogP contribution is -2.37. The van der Waals surface area contributed by atoms with Gasteiger partial charge in [-0.25, -0.2) is 0 Å². The Bertz CT molecular complexity index is 1100. The van der Waals surface area contributed by atoms with E-state index in [4.69, 9.17) is 10.5 Å². The molecule has 1 saturated heterocycles. The minimum atomic E-state index is -0.125. The first-order valence-electron chi connectivity index (χ1n) is 11.6. The summed E-state index contributed by atoms with van der Waals surface area (Å²) in [5.41, 5.74) is 11.3. The maximum Gasteiger partial charge on any atom is 0.255 e. The molecule has 5 heteroatoms. The number of nitrogens with one attached hydrogen (secondary N) is 1. The van der Waals surface area contributed by atoms with Gasteiger partial charge in [0.15, 0.2) is 0 Å². The van der Waals surface area contributed by atoms with Crippen LogP contribution in [-0.2, 0) is 0 Å². The smallest absolute Gasteiger partial charge is 0.255 e. The van der Waals surface area contributed by atoms with E-state index in [9.17, 15) is 4.79 Å². The van der Waals surface area contributed by atoms with Crippen LogP contribution in [0.15, 0.2) is 66.7 Å². The molecule has 3 aromatic rings. The van der Waals surface area contributed by atoms with Gasteiger partial charge in [0.25, 0.3) is 5.91 Å². The molecule has 0 saturated carbocycles. The topological polar surface area (TPSA) is 67.6 Å². The highest BCUT2D eigenvalue weighted by Gasteiger charge is 2.24. The minimum absolute atomic E-state index is 0.125. The summed E-state index contributed by atoms with van der Waals surface area (Å²) in [6, 6.07) is 21.8. The molecule has 33 heavy (non-hydrogen) atoms. The van der Waals surface area contributed by atoms with Crippen molar-refractivity contribution in [2.75, 3.05) is 31.2 Å². The van der Waals surface area contributed by atoms with Gasteiger partial charge in [0.2, 0.25) is 0 Å². The SMILES string of the molecule is COc1ccc(NC(=O)c2ccc(-c3cccc(N)c3)cc2)cc1C1CCN(C(C)C)CC1. The van der Waals surface area contributed by atoms with Crippen LogP contribution in [-0.4, -0.2) is 37.0 Å². The highest BCUT2D eigenvalue weighted by Crippen LogP contribution is 2.36. The van der Waals surface area contributed by atoms with Crippen LogP contribution in [0.25, 0.3) is 11.1 Å². The Kier molecular flexibility index (Phi) is 6.99. The van der Waals surface area contributed by atoms with Crippen molar-refractivity contribution in [3.05, 3.63) is 77.9 Å². The molecule has 0 bridgehead atoms. The van der Waals surface area contributed by atoms with Crippen LogP contribution in [0, 0.1) is 0 Å². The Morgan fingerprint density at radius 2 is 1.73 bits per heavy atom. The number of ether oxygens (including phenoxy) is 1. The Morgan fingerprint density at radius 1 is 1.00 bits per heavy atom. The summed E-state index contributed by atoms with van der Waals surface area (Å²) in [5, 5.41) is 3.06. The number of nitrogens with zero attached hydrogens (tertiary/aromatic N) is 1. The lowest BCUT2D eigenvalue weighted by Gasteiger charge is -2.35. The fourth-order valence-electron chi connectivity index (χ4n) is 4.59. The second-order valence-corrected chi connectivity index (χ2v) is 9.02. The predicted molar refractivity (Wildman–Crippen MR) is 136 cm³/mol. The second kappa shape index (κ2) is 10.1. The zero-order chi connectivity index (χ0) is 23.4. The number of piperidine rings is 1. The van der Waals surface area contributed by atoms with E-state index in [1.807, 2.05) is 60.7 Å². The van der Waals surface area contributed by atoms with Crippen molar-refractivity contribution in [3.8, 4) is 16.9 Å². The molecule has 1 aliphatic heterocycles. The normalized spacial score (nSPS) is 14.9. The highest BCUT2D eigenvalue weighted by molar-refractivity contribution is 6.04. The van der Waals surface area contributed by atoms with Crippen molar-refractivity contribution in [3.63, 3.8) is 0 Å². The van der Waals surface area contributed by atoms with Gasteiger partial charge >= 0.3 is 0 Å². The molecular formula is C28H33N3O2. The summed E-state index contributed by atoms with van der Waals surface area (Å²) in [4.78, 5) is 15.4. The highest BCUT2D eigenvalue weighted by atomic mass is 16.5. The van der Waals surface area contributed by atoms with E-state index in [-0.39, 0.29) is 5.91 Å². The Balaban J connectivity index is 1.47. The Hall–Kier alpha value is -3.31. The Morgan fingerprint density at radius 3 is 2.36 bits per heavy atom. The average molecular weight is 444 g/mol. The summed E-state index contributed by atoms with van der Waals surface area (Å²) >= 11 is 0. The zero-order valence-electron chi connectivity index (χ0n) is 19.7. The first kappa shape index (κ1) is 22.9. The second-order valence-electron chi connectivity index (χ2n) is 9.02. The van der Waals surface area contributed by atoms with E-state index < -0.39 is 0 Å². The van der Waals surface area contributed by atoms with E-state index in [2.05, 4.69) is 30.1 Å². The van der Waals surface area contributed by atoms with Gasteiger partial charge < -0.3 is 20.7 Å². The molecule has 0 atom stereocenters. The standard InChI is InChI=1S/C28H33N3O2/c1-19(2)31-15-13-21(14-16-31)26-18-25(11-12-27(26)33-3)30-28(32)22-9-7-20(8-10-22)23-5-4-6-24(29)17-23/h4-12,17-19,21H,13-16,29H2,1-3H3,(H,30,32). The summed E-state index contributed by atoms with van der Waals surface area (Å²) < 4.78 is 5.65. The number of rotatable bonds is 6. The number of likely N-dealkylation sites (tertiary alicyclic amines) is 1. The van der Waals surface area contributed by atoms with Gasteiger partial charge in [0.05, 0.1) is 7.11 Å². The lowest BCUT2D eigenvalue weighted by molar-refractivity contribution is 0.102. The van der Waals surface area contributed by atoms with Gasteiger partial charge in [-0.15, -0.1) is 0 Å². The van der Waals surface area contributed by atoms with Gasteiger partial charge in [-0.3, -0.25) is 4.79 Å². The van der Waals surface area contributed by atoms with Crippen LogP contribution in [0.1, 0.15) is 48.5 Å². The molecule has 0 spiro atoms. The third kappa shape index (κ3) is 5.37. The molecule has 3 aromatic carbocycles. The van der Waals surface area contributed by atoms with E-state index in [1.165, 1.54) is 5.56 Å². The maximum atomic E-state index is 12.9. The molecule has 0 radical (unpaired) electrons. The molecule has 0 aromatic heterocycles. The number of nitrogens with two attached hydrogens (primary N) is 1. The summed E-state index contributed by atoms with van der Waals surface area (Å²) in [5.74, 6) is 1.20. The number of methoxy groups -OCH3 is 1. The van der Waals surface area contributed by atoms with Crippen LogP contribution in [0.4, 0.5) is 11.4 Å². The number of carbonyl (C=O) groups excluding carboxylic acids is 1. The van der Waals surface area contributed by atoms with Gasteiger partial charge in [0.1, 0.15) is 5.75 Å². The third-order valence-electron chi connectivity index (χ3n) is 6.55. The third-order valence-corrected chi connectivity index (χ3v) is 6.55. The van der Waals surface area contributed by atoms with Crippen molar-refractivity contribution >= 4 is 17.3 Å². The first-order valence-corrected chi connectivity index (χ1v) is 11.6. The van der Waals surface area contributed by atoms with Crippen LogP contribution in [0.3, 0.4) is 0 Å². The van der Waals surface area contributed by atoms with Crippen molar-refractivity contribution in [2.24, 2.45) is 0 Å². The first-order chi connectivity index (χ1) is 15.9. The number of nitrogen functional groups attached to an aromatic ring is 1. The monoisotopic (exact) mass is 443 g/mol. The maximum absolute atomic E-state index is 12.9. The predicted octanol–water partition coefficient (Wildman–Crippen LogP) is 5.78. The van der Waals surface area contributed by atoms with E-state index in [0.29, 0.717) is 17.5 Å². The number of amides is 1. The number of benzene rings is 3. The molecule has 5 nitrogen and oxygen atoms in total. The summed E-state index contributed by atoms with van der Waals surface area (Å²) in [6.07, 6.45) is 2.19. The molecule has 1 aliphatic rings. The van der Waals surface area contributed by atoms with E-state index >= 15 is 0 Å². The van der Waals surface area contributed by atoms with Crippen molar-refractivity contribution in [1.29, 1.82) is 0 Å². The zero-order valence-corrected chi connectivity index (χ0v) is 19.7. The number of anilines is 2. The number of carbonyl (C=O) groups is 1. The summed E-state index contributed by atoms with van der Waals surface area (Å²) in [6.45, 7) is 6.67. The molecule has 1 fully saturated rings. The van der Waals surface area contributed by atoms with Crippen LogP contribution in [0.5, 0.6) is 5.75 Å². The van der Waals surface area contributed by atoms with Crippen molar-refractivity contribution in [1.82, 2.24) is 4.90 Å².